The maximum Gasteiger partial charge on any atom is 0.417 e. The van der Waals surface area contributed by atoms with Crippen LogP contribution in [0.1, 0.15) is 19.4 Å². The maximum absolute atomic E-state index is 14.8. The van der Waals surface area contributed by atoms with Crippen LogP contribution in [0.5, 0.6) is 0 Å². The molecule has 2 aliphatic heterocycles. The molecule has 0 aliphatic carbocycles. The summed E-state index contributed by atoms with van der Waals surface area (Å²) in [5.41, 5.74) is -1.00. The highest BCUT2D eigenvalue weighted by Crippen LogP contribution is 2.48. The van der Waals surface area contributed by atoms with Gasteiger partial charge in [-0.1, -0.05) is 18.7 Å². The van der Waals surface area contributed by atoms with Gasteiger partial charge in [-0.2, -0.15) is 18.2 Å². The molecule has 2 aromatic carbocycles. The number of anilines is 1. The van der Waals surface area contributed by atoms with Crippen LogP contribution in [-0.2, 0) is 22.3 Å². The Labute approximate surface area is 238 Å². The van der Waals surface area contributed by atoms with E-state index in [1.165, 1.54) is 41.6 Å². The van der Waals surface area contributed by atoms with E-state index in [1.54, 1.807) is 9.80 Å². The van der Waals surface area contributed by atoms with Gasteiger partial charge in [0.05, 0.1) is 17.7 Å². The number of benzene rings is 2. The van der Waals surface area contributed by atoms with E-state index in [9.17, 15) is 27.2 Å². The molecule has 7 nitrogen and oxygen atoms in total. The zero-order chi connectivity index (χ0) is 29.6. The first-order valence-electron chi connectivity index (χ1n) is 13.2. The summed E-state index contributed by atoms with van der Waals surface area (Å²) in [6, 6.07) is 5.34. The van der Waals surface area contributed by atoms with Crippen molar-refractivity contribution in [3.63, 3.8) is 0 Å². The first-order valence-corrected chi connectivity index (χ1v) is 14.2. The van der Waals surface area contributed by atoms with Crippen molar-refractivity contribution in [1.82, 2.24) is 14.5 Å². The highest BCUT2D eigenvalue weighted by molar-refractivity contribution is 7.99. The summed E-state index contributed by atoms with van der Waals surface area (Å²) in [4.78, 5) is 34.2. The number of carbonyl (C=O) groups is 1. The average molecular weight is 591 g/mol. The molecule has 2 aliphatic rings. The number of piperazine rings is 1. The zero-order valence-corrected chi connectivity index (χ0v) is 23.7. The first kappa shape index (κ1) is 29.1. The number of nitrogens with zero attached hydrogens (tertiary/aromatic N) is 4. The number of thioether (sulfide) groups is 1. The summed E-state index contributed by atoms with van der Waals surface area (Å²) in [6.45, 7) is 8.32. The van der Waals surface area contributed by atoms with Crippen molar-refractivity contribution in [2.24, 2.45) is 5.92 Å². The number of amides is 1. The van der Waals surface area contributed by atoms with Crippen LogP contribution in [0, 0.1) is 11.7 Å². The van der Waals surface area contributed by atoms with Crippen molar-refractivity contribution in [3.05, 3.63) is 64.9 Å². The summed E-state index contributed by atoms with van der Waals surface area (Å²) in [6.07, 6.45) is -3.51. The molecule has 12 heteroatoms. The largest absolute Gasteiger partial charge is 0.417 e. The standard InChI is InChI=1S/C29H30F4N4O3S/c1-5-23(38)37-16(2)11-35(12-17(37)3)27-21-10-22(29(31,32)33)24(19-6-8-20(30)9-7-19)26-25(21)36(28(39)34-27)13-18(14-40-4)15-41-26/h5-10,16-18H,1,11-15H2,2-4H3/t16-,17+,18-/m0/s1. The van der Waals surface area contributed by atoms with E-state index >= 15 is 0 Å². The van der Waals surface area contributed by atoms with Gasteiger partial charge in [0.1, 0.15) is 11.6 Å². The van der Waals surface area contributed by atoms with Gasteiger partial charge in [0, 0.05) is 66.3 Å². The molecule has 1 fully saturated rings. The monoisotopic (exact) mass is 590 g/mol. The SMILES string of the molecule is C=CC(=O)N1[C@H](C)CN(c2nc(=O)n3c4c(c(-c5ccc(F)cc5)c(C(F)(F)F)cc24)SC[C@H](COC)C3)C[C@@H]1C. The Bertz CT molecular complexity index is 1550. The fourth-order valence-corrected chi connectivity index (χ4v) is 7.29. The molecule has 5 rings (SSSR count). The van der Waals surface area contributed by atoms with Crippen molar-refractivity contribution in [1.29, 1.82) is 0 Å². The van der Waals surface area contributed by atoms with Crippen LogP contribution >= 0.6 is 11.8 Å². The molecular weight excluding hydrogens is 560 g/mol. The van der Waals surface area contributed by atoms with E-state index in [0.29, 0.717) is 22.8 Å². The zero-order valence-electron chi connectivity index (χ0n) is 22.9. The minimum atomic E-state index is -4.75. The molecule has 0 bridgehead atoms. The molecule has 3 heterocycles. The lowest BCUT2D eigenvalue weighted by Crippen LogP contribution is -2.58. The minimum absolute atomic E-state index is 0.0958. The van der Waals surface area contributed by atoms with E-state index in [1.807, 2.05) is 13.8 Å². The third-order valence-electron chi connectivity index (χ3n) is 7.59. The van der Waals surface area contributed by atoms with Crippen LogP contribution in [0.3, 0.4) is 0 Å². The van der Waals surface area contributed by atoms with Crippen LogP contribution in [-0.4, -0.2) is 65.0 Å². The quantitative estimate of drug-likeness (QED) is 0.301. The number of hydrogen-bond donors (Lipinski definition) is 0. The van der Waals surface area contributed by atoms with Crippen molar-refractivity contribution in [2.75, 3.05) is 37.5 Å². The van der Waals surface area contributed by atoms with Gasteiger partial charge < -0.3 is 14.5 Å². The van der Waals surface area contributed by atoms with E-state index in [-0.39, 0.29) is 65.9 Å². The van der Waals surface area contributed by atoms with Crippen LogP contribution in [0.2, 0.25) is 0 Å². The normalized spacial score (nSPS) is 21.2. The first-order chi connectivity index (χ1) is 19.4. The fourth-order valence-electron chi connectivity index (χ4n) is 5.95. The van der Waals surface area contributed by atoms with Crippen LogP contribution < -0.4 is 10.6 Å². The lowest BCUT2D eigenvalue weighted by atomic mass is 9.96. The Kier molecular flexibility index (Phi) is 7.90. The predicted octanol–water partition coefficient (Wildman–Crippen LogP) is 5.20. The number of halogens is 4. The Morgan fingerprint density at radius 1 is 1.17 bits per heavy atom. The number of rotatable bonds is 5. The molecule has 0 spiro atoms. The molecule has 1 saturated heterocycles. The molecule has 218 valence electrons. The Balaban J connectivity index is 1.80. The highest BCUT2D eigenvalue weighted by Gasteiger charge is 2.39. The molecule has 41 heavy (non-hydrogen) atoms. The van der Waals surface area contributed by atoms with Crippen LogP contribution in [0.15, 0.2) is 52.7 Å². The van der Waals surface area contributed by atoms with Gasteiger partial charge >= 0.3 is 11.9 Å². The average Bonchev–Trinajstić information content (AvgIpc) is 3.11. The van der Waals surface area contributed by atoms with Gasteiger partial charge in [-0.15, -0.1) is 11.8 Å². The van der Waals surface area contributed by atoms with Gasteiger partial charge in [0.15, 0.2) is 0 Å². The van der Waals surface area contributed by atoms with E-state index < -0.39 is 23.2 Å². The number of ether oxygens (including phenoxy) is 1. The number of methoxy groups -OCH3 is 1. The Morgan fingerprint density at radius 3 is 2.41 bits per heavy atom. The third-order valence-corrected chi connectivity index (χ3v) is 8.92. The molecule has 1 aromatic heterocycles. The number of hydrogen-bond acceptors (Lipinski definition) is 6. The molecule has 0 radical (unpaired) electrons. The maximum atomic E-state index is 14.8. The molecular formula is C29H30F4N4O3S. The van der Waals surface area contributed by atoms with Gasteiger partial charge in [0.25, 0.3) is 0 Å². The predicted molar refractivity (Wildman–Crippen MR) is 151 cm³/mol. The van der Waals surface area contributed by atoms with Crippen molar-refractivity contribution >= 4 is 34.4 Å². The van der Waals surface area contributed by atoms with E-state index in [0.717, 1.165) is 18.2 Å². The highest BCUT2D eigenvalue weighted by atomic mass is 32.2. The Hall–Kier alpha value is -3.38. The summed E-state index contributed by atoms with van der Waals surface area (Å²) >= 11 is 1.23. The lowest BCUT2D eigenvalue weighted by molar-refractivity contribution is -0.137. The van der Waals surface area contributed by atoms with Gasteiger partial charge in [0.2, 0.25) is 5.91 Å². The summed E-state index contributed by atoms with van der Waals surface area (Å²) in [7, 11) is 1.53. The number of aromatic nitrogens is 2. The molecule has 3 atom stereocenters. The van der Waals surface area contributed by atoms with E-state index in [4.69, 9.17) is 4.74 Å². The molecule has 0 saturated carbocycles. The van der Waals surface area contributed by atoms with Crippen molar-refractivity contribution in [3.8, 4) is 11.1 Å². The summed E-state index contributed by atoms with van der Waals surface area (Å²) in [5, 5.41) is 0.200. The van der Waals surface area contributed by atoms with Crippen molar-refractivity contribution < 1.29 is 27.1 Å². The minimum Gasteiger partial charge on any atom is -0.384 e. The van der Waals surface area contributed by atoms with Gasteiger partial charge in [-0.3, -0.25) is 9.36 Å². The van der Waals surface area contributed by atoms with Gasteiger partial charge in [-0.25, -0.2) is 9.18 Å². The fraction of sp³-hybridized carbons (Fsp3) is 0.414. The second kappa shape index (κ2) is 11.1. The second-order valence-corrected chi connectivity index (χ2v) is 11.6. The van der Waals surface area contributed by atoms with Crippen LogP contribution in [0.4, 0.5) is 23.4 Å². The lowest BCUT2D eigenvalue weighted by Gasteiger charge is -2.44. The van der Waals surface area contributed by atoms with Crippen molar-refractivity contribution in [2.45, 2.75) is 43.5 Å². The topological polar surface area (TPSA) is 67.7 Å². The van der Waals surface area contributed by atoms with E-state index in [2.05, 4.69) is 11.6 Å². The second-order valence-electron chi connectivity index (χ2n) is 10.5. The number of alkyl halides is 3. The summed E-state index contributed by atoms with van der Waals surface area (Å²) in [5.74, 6) is -0.410. The number of carbonyl (C=O) groups excluding carboxylic acids is 1. The molecule has 0 N–H and O–H groups in total. The van der Waals surface area contributed by atoms with Crippen LogP contribution in [0.25, 0.3) is 22.0 Å². The molecule has 3 aromatic rings. The molecule has 0 unspecified atom stereocenters. The molecule has 1 amide bonds. The Morgan fingerprint density at radius 2 is 1.83 bits per heavy atom. The third kappa shape index (κ3) is 5.34. The summed E-state index contributed by atoms with van der Waals surface area (Å²) < 4.78 is 64.9. The van der Waals surface area contributed by atoms with Gasteiger partial charge in [-0.05, 0) is 43.7 Å². The smallest absolute Gasteiger partial charge is 0.384 e.